The van der Waals surface area contributed by atoms with E-state index < -0.39 is 0 Å². The van der Waals surface area contributed by atoms with Crippen LogP contribution in [0.25, 0.3) is 0 Å². The van der Waals surface area contributed by atoms with Crippen molar-refractivity contribution in [2.75, 3.05) is 19.1 Å². The smallest absolute Gasteiger partial charge is 0.337 e. The number of methoxy groups -OCH3 is 1. The molecule has 0 spiro atoms. The van der Waals surface area contributed by atoms with E-state index >= 15 is 0 Å². The van der Waals surface area contributed by atoms with Gasteiger partial charge in [0, 0.05) is 10.0 Å². The molecular formula is C17H17BrN2O4. The van der Waals surface area contributed by atoms with Crippen molar-refractivity contribution in [2.24, 2.45) is 5.10 Å². The maximum atomic E-state index is 11.4. The summed E-state index contributed by atoms with van der Waals surface area (Å²) in [6.45, 7) is 2.30. The predicted molar refractivity (Wildman–Crippen MR) is 96.0 cm³/mol. The molecule has 0 saturated carbocycles. The molecular weight excluding hydrogens is 376 g/mol. The van der Waals surface area contributed by atoms with E-state index in [-0.39, 0.29) is 11.7 Å². The fourth-order valence-electron chi connectivity index (χ4n) is 1.90. The Kier molecular flexibility index (Phi) is 6.20. The lowest BCUT2D eigenvalue weighted by atomic mass is 10.2. The summed E-state index contributed by atoms with van der Waals surface area (Å²) in [6, 6.07) is 9.98. The van der Waals surface area contributed by atoms with Crippen LogP contribution in [0.4, 0.5) is 5.69 Å². The molecule has 24 heavy (non-hydrogen) atoms. The number of ether oxygens (including phenoxy) is 2. The first-order chi connectivity index (χ1) is 11.5. The highest BCUT2D eigenvalue weighted by molar-refractivity contribution is 9.10. The Morgan fingerprint density at radius 3 is 2.67 bits per heavy atom. The van der Waals surface area contributed by atoms with Crippen molar-refractivity contribution < 1.29 is 19.4 Å². The molecule has 126 valence electrons. The van der Waals surface area contributed by atoms with Crippen LogP contribution in [0.1, 0.15) is 22.8 Å². The SMILES string of the molecule is CCOc1cc(/C=N\Nc2ccc(C(=O)OC)cc2)c(Br)cc1O. The molecule has 0 aromatic heterocycles. The van der Waals surface area contributed by atoms with Crippen LogP contribution >= 0.6 is 15.9 Å². The molecule has 6 nitrogen and oxygen atoms in total. The molecule has 0 aliphatic heterocycles. The summed E-state index contributed by atoms with van der Waals surface area (Å²) in [5.74, 6) is 0.0679. The topological polar surface area (TPSA) is 80.2 Å². The number of hydrogen-bond donors (Lipinski definition) is 2. The van der Waals surface area contributed by atoms with E-state index in [1.807, 2.05) is 6.92 Å². The highest BCUT2D eigenvalue weighted by Crippen LogP contribution is 2.31. The number of hydrazone groups is 1. The van der Waals surface area contributed by atoms with Crippen LogP contribution in [0, 0.1) is 0 Å². The van der Waals surface area contributed by atoms with Crippen LogP contribution in [0.2, 0.25) is 0 Å². The Hall–Kier alpha value is -2.54. The van der Waals surface area contributed by atoms with Crippen LogP contribution in [0.3, 0.4) is 0 Å². The minimum atomic E-state index is -0.387. The third-order valence-electron chi connectivity index (χ3n) is 3.08. The quantitative estimate of drug-likeness (QED) is 0.444. The zero-order valence-corrected chi connectivity index (χ0v) is 14.8. The highest BCUT2D eigenvalue weighted by Gasteiger charge is 2.07. The minimum Gasteiger partial charge on any atom is -0.504 e. The zero-order valence-electron chi connectivity index (χ0n) is 13.2. The molecule has 0 saturated heterocycles. The summed E-state index contributed by atoms with van der Waals surface area (Å²) < 4.78 is 10.7. The first kappa shape index (κ1) is 17.8. The van der Waals surface area contributed by atoms with Crippen LogP contribution < -0.4 is 10.2 Å². The molecule has 0 unspecified atom stereocenters. The zero-order chi connectivity index (χ0) is 17.5. The van der Waals surface area contributed by atoms with Crippen molar-refractivity contribution in [3.05, 3.63) is 52.0 Å². The van der Waals surface area contributed by atoms with E-state index in [1.54, 1.807) is 42.6 Å². The standard InChI is InChI=1S/C17H17BrN2O4/c1-3-24-16-8-12(14(18)9-15(16)21)10-19-20-13-6-4-11(5-7-13)17(22)23-2/h4-10,20-21H,3H2,1-2H3/b19-10-. The van der Waals surface area contributed by atoms with Crippen molar-refractivity contribution in [3.8, 4) is 11.5 Å². The second kappa shape index (κ2) is 8.35. The predicted octanol–water partition coefficient (Wildman–Crippen LogP) is 3.79. The second-order valence-electron chi connectivity index (χ2n) is 4.71. The first-order valence-corrected chi connectivity index (χ1v) is 7.97. The number of carbonyl (C=O) groups is 1. The monoisotopic (exact) mass is 392 g/mol. The number of carbonyl (C=O) groups excluding carboxylic acids is 1. The Bertz CT molecular complexity index is 745. The van der Waals surface area contributed by atoms with Crippen molar-refractivity contribution in [2.45, 2.75) is 6.92 Å². The molecule has 0 bridgehead atoms. The number of phenolic OH excluding ortho intramolecular Hbond substituents is 1. The number of hydrogen-bond acceptors (Lipinski definition) is 6. The van der Waals surface area contributed by atoms with Crippen molar-refractivity contribution in [1.82, 2.24) is 0 Å². The van der Waals surface area contributed by atoms with Gasteiger partial charge in [0.15, 0.2) is 11.5 Å². The van der Waals surface area contributed by atoms with Crippen molar-refractivity contribution >= 4 is 33.8 Å². The molecule has 0 aliphatic carbocycles. The van der Waals surface area contributed by atoms with Crippen molar-refractivity contribution in [3.63, 3.8) is 0 Å². The molecule has 2 N–H and O–H groups in total. The molecule has 0 aliphatic rings. The summed E-state index contributed by atoms with van der Waals surface area (Å²) in [6.07, 6.45) is 1.60. The summed E-state index contributed by atoms with van der Waals surface area (Å²) in [5, 5.41) is 13.9. The molecule has 2 aromatic rings. The summed E-state index contributed by atoms with van der Waals surface area (Å²) in [7, 11) is 1.34. The molecule has 7 heteroatoms. The summed E-state index contributed by atoms with van der Waals surface area (Å²) in [5.41, 5.74) is 4.80. The lowest BCUT2D eigenvalue weighted by molar-refractivity contribution is 0.0601. The van der Waals surface area contributed by atoms with E-state index in [0.29, 0.717) is 22.4 Å². The van der Waals surface area contributed by atoms with Crippen molar-refractivity contribution in [1.29, 1.82) is 0 Å². The van der Waals surface area contributed by atoms with Gasteiger partial charge in [0.1, 0.15) is 0 Å². The van der Waals surface area contributed by atoms with E-state index in [0.717, 1.165) is 11.3 Å². The number of benzene rings is 2. The average molecular weight is 393 g/mol. The minimum absolute atomic E-state index is 0.0623. The van der Waals surface area contributed by atoms with Gasteiger partial charge in [0.2, 0.25) is 0 Å². The van der Waals surface area contributed by atoms with Crippen LogP contribution in [0.15, 0.2) is 46.0 Å². The van der Waals surface area contributed by atoms with Crippen LogP contribution in [0.5, 0.6) is 11.5 Å². The van der Waals surface area contributed by atoms with Crippen LogP contribution in [-0.4, -0.2) is 31.0 Å². The molecule has 0 heterocycles. The number of rotatable bonds is 6. The van der Waals surface area contributed by atoms with Gasteiger partial charge < -0.3 is 14.6 Å². The van der Waals surface area contributed by atoms with Gasteiger partial charge in [-0.05, 0) is 59.3 Å². The Balaban J connectivity index is 2.08. The van der Waals surface area contributed by atoms with Gasteiger partial charge in [-0.15, -0.1) is 0 Å². The molecule has 0 fully saturated rings. The van der Waals surface area contributed by atoms with E-state index in [9.17, 15) is 9.90 Å². The van der Waals surface area contributed by atoms with E-state index in [4.69, 9.17) is 4.74 Å². The number of nitrogens with one attached hydrogen (secondary N) is 1. The summed E-state index contributed by atoms with van der Waals surface area (Å²) >= 11 is 3.37. The number of halogens is 1. The lowest BCUT2D eigenvalue weighted by Gasteiger charge is -2.08. The third-order valence-corrected chi connectivity index (χ3v) is 3.77. The number of nitrogens with zero attached hydrogens (tertiary/aromatic N) is 1. The third kappa shape index (κ3) is 4.48. The highest BCUT2D eigenvalue weighted by atomic mass is 79.9. The molecule has 0 radical (unpaired) electrons. The maximum absolute atomic E-state index is 11.4. The normalized spacial score (nSPS) is 10.6. The van der Waals surface area contributed by atoms with Gasteiger partial charge in [-0.25, -0.2) is 4.79 Å². The van der Waals surface area contributed by atoms with Gasteiger partial charge in [0.05, 0.1) is 31.2 Å². The fourth-order valence-corrected chi connectivity index (χ4v) is 2.34. The Morgan fingerprint density at radius 1 is 1.33 bits per heavy atom. The molecule has 2 rings (SSSR count). The summed E-state index contributed by atoms with van der Waals surface area (Å²) in [4.78, 5) is 11.4. The molecule has 0 amide bonds. The molecule has 0 atom stereocenters. The number of anilines is 1. The van der Waals surface area contributed by atoms with E-state index in [2.05, 4.69) is 31.2 Å². The number of phenols is 1. The maximum Gasteiger partial charge on any atom is 0.337 e. The largest absolute Gasteiger partial charge is 0.504 e. The Morgan fingerprint density at radius 2 is 2.04 bits per heavy atom. The van der Waals surface area contributed by atoms with E-state index in [1.165, 1.54) is 7.11 Å². The fraction of sp³-hybridized carbons (Fsp3) is 0.176. The van der Waals surface area contributed by atoms with Crippen LogP contribution in [-0.2, 0) is 4.74 Å². The second-order valence-corrected chi connectivity index (χ2v) is 5.57. The Labute approximate surface area is 148 Å². The number of aromatic hydroxyl groups is 1. The first-order valence-electron chi connectivity index (χ1n) is 7.18. The van der Waals surface area contributed by atoms with Gasteiger partial charge in [-0.1, -0.05) is 0 Å². The molecule has 2 aromatic carbocycles. The number of esters is 1. The lowest BCUT2D eigenvalue weighted by Crippen LogP contribution is -2.01. The van der Waals surface area contributed by atoms with Gasteiger partial charge >= 0.3 is 5.97 Å². The van der Waals surface area contributed by atoms with Gasteiger partial charge in [-0.3, -0.25) is 5.43 Å². The van der Waals surface area contributed by atoms with Gasteiger partial charge in [-0.2, -0.15) is 5.10 Å². The average Bonchev–Trinajstić information content (AvgIpc) is 2.58. The van der Waals surface area contributed by atoms with Gasteiger partial charge in [0.25, 0.3) is 0 Å².